The minimum absolute atomic E-state index is 0.0392. The summed E-state index contributed by atoms with van der Waals surface area (Å²) >= 11 is 8.08. The van der Waals surface area contributed by atoms with Crippen LogP contribution in [0, 0.1) is 0 Å². The number of amides is 2. The Morgan fingerprint density at radius 2 is 2.00 bits per heavy atom. The van der Waals surface area contributed by atoms with E-state index in [1.54, 1.807) is 6.07 Å². The molecule has 1 rings (SSSR count). The average molecular weight is 398 g/mol. The van der Waals surface area contributed by atoms with E-state index in [2.05, 4.69) is 42.5 Å². The van der Waals surface area contributed by atoms with Gasteiger partial charge in [-0.1, -0.05) is 6.92 Å². The smallest absolute Gasteiger partial charge is 0.253 e. The van der Waals surface area contributed by atoms with E-state index >= 15 is 0 Å². The Balaban J connectivity index is 2.34. The number of carbonyl (C=O) groups excluding carboxylic acids is 2. The molecule has 0 aliphatic rings. The van der Waals surface area contributed by atoms with Crippen molar-refractivity contribution in [2.24, 2.45) is 0 Å². The van der Waals surface area contributed by atoms with Crippen molar-refractivity contribution in [3.8, 4) is 0 Å². The first-order valence-electron chi connectivity index (χ1n) is 5.54. The van der Waals surface area contributed by atoms with E-state index in [9.17, 15) is 9.59 Å². The van der Waals surface area contributed by atoms with Crippen LogP contribution in [0.1, 0.15) is 30.1 Å². The van der Waals surface area contributed by atoms with Crippen molar-refractivity contribution in [1.29, 1.82) is 0 Å². The number of nitrogens with one attached hydrogen (secondary N) is 2. The fraction of sp³-hybridized carbons (Fsp3) is 0.455. The first kappa shape index (κ1) is 15.7. The Hall–Kier alpha value is -0.400. The van der Waals surface area contributed by atoms with Crippen LogP contribution >= 0.6 is 43.2 Å². The van der Waals surface area contributed by atoms with Gasteiger partial charge in [0, 0.05) is 19.5 Å². The minimum Gasteiger partial charge on any atom is -0.356 e. The van der Waals surface area contributed by atoms with Crippen LogP contribution in [0.2, 0.25) is 0 Å². The molecule has 0 spiro atoms. The molecule has 1 heterocycles. The topological polar surface area (TPSA) is 58.2 Å². The van der Waals surface area contributed by atoms with Gasteiger partial charge in [0.15, 0.2) is 0 Å². The normalized spacial score (nSPS) is 10.2. The van der Waals surface area contributed by atoms with Gasteiger partial charge in [-0.3, -0.25) is 9.59 Å². The molecular weight excluding hydrogens is 384 g/mol. The molecule has 0 radical (unpaired) electrons. The van der Waals surface area contributed by atoms with Crippen LogP contribution in [-0.4, -0.2) is 24.9 Å². The molecule has 0 saturated heterocycles. The van der Waals surface area contributed by atoms with Crippen molar-refractivity contribution in [3.63, 3.8) is 0 Å². The molecule has 1 aromatic heterocycles. The summed E-state index contributed by atoms with van der Waals surface area (Å²) < 4.78 is 1.67. The number of hydrogen-bond acceptors (Lipinski definition) is 3. The standard InChI is InChI=1S/C11H14Br2N2O2S/c1-2-4-14-9(16)3-5-15-11(17)7-6-8(12)18-10(7)13/h6H,2-5H2,1H3,(H,14,16)(H,15,17). The highest BCUT2D eigenvalue weighted by Crippen LogP contribution is 2.31. The molecule has 0 fully saturated rings. The monoisotopic (exact) mass is 396 g/mol. The van der Waals surface area contributed by atoms with Crippen molar-refractivity contribution in [2.75, 3.05) is 13.1 Å². The zero-order valence-corrected chi connectivity index (χ0v) is 13.9. The Bertz CT molecular complexity index is 435. The second-order valence-electron chi connectivity index (χ2n) is 3.59. The number of halogens is 2. The third-order valence-corrected chi connectivity index (χ3v) is 4.45. The maximum Gasteiger partial charge on any atom is 0.253 e. The minimum atomic E-state index is -0.174. The first-order chi connectivity index (χ1) is 8.54. The van der Waals surface area contributed by atoms with Crippen molar-refractivity contribution in [2.45, 2.75) is 19.8 Å². The summed E-state index contributed by atoms with van der Waals surface area (Å²) in [7, 11) is 0. The second kappa shape index (κ2) is 7.91. The van der Waals surface area contributed by atoms with Gasteiger partial charge in [-0.2, -0.15) is 0 Å². The predicted octanol–water partition coefficient (Wildman–Crippen LogP) is 2.92. The quantitative estimate of drug-likeness (QED) is 0.775. The SMILES string of the molecule is CCCNC(=O)CCNC(=O)c1cc(Br)sc1Br. The number of carbonyl (C=O) groups is 2. The highest BCUT2D eigenvalue weighted by molar-refractivity contribution is 9.12. The average Bonchev–Trinajstić information content (AvgIpc) is 2.65. The summed E-state index contributed by atoms with van der Waals surface area (Å²) in [6.07, 6.45) is 1.21. The molecule has 100 valence electrons. The molecule has 2 N–H and O–H groups in total. The van der Waals surface area contributed by atoms with E-state index in [0.29, 0.717) is 25.1 Å². The molecule has 0 atom stereocenters. The van der Waals surface area contributed by atoms with E-state index in [1.165, 1.54) is 11.3 Å². The molecule has 0 bridgehead atoms. The molecule has 1 aromatic rings. The summed E-state index contributed by atoms with van der Waals surface area (Å²) in [6.45, 7) is 3.01. The lowest BCUT2D eigenvalue weighted by molar-refractivity contribution is -0.120. The van der Waals surface area contributed by atoms with E-state index in [0.717, 1.165) is 14.0 Å². The van der Waals surface area contributed by atoms with Gasteiger partial charge in [0.25, 0.3) is 5.91 Å². The van der Waals surface area contributed by atoms with E-state index in [-0.39, 0.29) is 11.8 Å². The lowest BCUT2D eigenvalue weighted by Gasteiger charge is -2.05. The van der Waals surface area contributed by atoms with Crippen LogP contribution in [0.15, 0.2) is 13.6 Å². The van der Waals surface area contributed by atoms with Crippen LogP contribution in [0.25, 0.3) is 0 Å². The molecule has 0 aliphatic carbocycles. The van der Waals surface area contributed by atoms with Crippen LogP contribution in [0.3, 0.4) is 0 Å². The van der Waals surface area contributed by atoms with Gasteiger partial charge in [0.1, 0.15) is 0 Å². The van der Waals surface area contributed by atoms with Crippen LogP contribution in [0.5, 0.6) is 0 Å². The highest BCUT2D eigenvalue weighted by Gasteiger charge is 2.13. The number of thiophene rings is 1. The molecule has 18 heavy (non-hydrogen) atoms. The van der Waals surface area contributed by atoms with Crippen LogP contribution in [0.4, 0.5) is 0 Å². The van der Waals surface area contributed by atoms with Gasteiger partial charge < -0.3 is 10.6 Å². The summed E-state index contributed by atoms with van der Waals surface area (Å²) in [5.74, 6) is -0.213. The van der Waals surface area contributed by atoms with Crippen molar-refractivity contribution in [3.05, 3.63) is 19.2 Å². The first-order valence-corrected chi connectivity index (χ1v) is 7.94. The Kier molecular flexibility index (Phi) is 6.88. The largest absolute Gasteiger partial charge is 0.356 e. The van der Waals surface area contributed by atoms with Gasteiger partial charge in [-0.15, -0.1) is 11.3 Å². The Morgan fingerprint density at radius 1 is 1.28 bits per heavy atom. The van der Waals surface area contributed by atoms with Gasteiger partial charge in [-0.25, -0.2) is 0 Å². The maximum atomic E-state index is 11.8. The summed E-state index contributed by atoms with van der Waals surface area (Å²) in [5, 5.41) is 5.47. The lowest BCUT2D eigenvalue weighted by atomic mass is 10.3. The zero-order valence-electron chi connectivity index (χ0n) is 9.89. The van der Waals surface area contributed by atoms with Gasteiger partial charge >= 0.3 is 0 Å². The lowest BCUT2D eigenvalue weighted by Crippen LogP contribution is -2.31. The summed E-state index contributed by atoms with van der Waals surface area (Å²) in [4.78, 5) is 23.1. The number of rotatable bonds is 6. The number of hydrogen-bond donors (Lipinski definition) is 2. The fourth-order valence-corrected chi connectivity index (χ4v) is 4.03. The van der Waals surface area contributed by atoms with E-state index in [1.807, 2.05) is 6.92 Å². The summed E-state index contributed by atoms with van der Waals surface area (Å²) in [6, 6.07) is 1.75. The molecule has 2 amide bonds. The van der Waals surface area contributed by atoms with Gasteiger partial charge in [0.05, 0.1) is 13.1 Å². The Morgan fingerprint density at radius 3 is 2.56 bits per heavy atom. The molecule has 0 saturated carbocycles. The molecule has 7 heteroatoms. The molecular formula is C11H14Br2N2O2S. The highest BCUT2D eigenvalue weighted by atomic mass is 79.9. The van der Waals surface area contributed by atoms with Gasteiger partial charge in [0.2, 0.25) is 5.91 Å². The van der Waals surface area contributed by atoms with Crippen LogP contribution < -0.4 is 10.6 Å². The third kappa shape index (κ3) is 5.07. The van der Waals surface area contributed by atoms with E-state index < -0.39 is 0 Å². The van der Waals surface area contributed by atoms with E-state index in [4.69, 9.17) is 0 Å². The molecule has 0 aliphatic heterocycles. The van der Waals surface area contributed by atoms with Crippen molar-refractivity contribution < 1.29 is 9.59 Å². The maximum absolute atomic E-state index is 11.8. The molecule has 4 nitrogen and oxygen atoms in total. The van der Waals surface area contributed by atoms with Crippen LogP contribution in [-0.2, 0) is 4.79 Å². The van der Waals surface area contributed by atoms with Crippen molar-refractivity contribution in [1.82, 2.24) is 10.6 Å². The fourth-order valence-electron chi connectivity index (χ4n) is 1.23. The Labute approximate surface area is 127 Å². The van der Waals surface area contributed by atoms with Gasteiger partial charge in [-0.05, 0) is 44.3 Å². The predicted molar refractivity (Wildman–Crippen MR) is 80.0 cm³/mol. The molecule has 0 aromatic carbocycles. The van der Waals surface area contributed by atoms with Crippen molar-refractivity contribution >= 4 is 55.0 Å². The third-order valence-electron chi connectivity index (χ3n) is 2.11. The summed E-state index contributed by atoms with van der Waals surface area (Å²) in [5.41, 5.74) is 0.584. The molecule has 0 unspecified atom stereocenters. The zero-order chi connectivity index (χ0) is 13.5. The second-order valence-corrected chi connectivity index (χ2v) is 7.34.